The van der Waals surface area contributed by atoms with Gasteiger partial charge in [0.25, 0.3) is 0 Å². The largest absolute Gasteiger partial charge is 0.481 e. The number of amides is 2. The second kappa shape index (κ2) is 5.36. The number of nitrogens with zero attached hydrogens (tertiary/aromatic N) is 1. The van der Waals surface area contributed by atoms with Gasteiger partial charge in [-0.2, -0.15) is 0 Å². The van der Waals surface area contributed by atoms with Crippen LogP contribution < -0.4 is 5.32 Å². The van der Waals surface area contributed by atoms with Gasteiger partial charge in [0.2, 0.25) is 0 Å². The number of ether oxygens (including phenoxy) is 1. The summed E-state index contributed by atoms with van der Waals surface area (Å²) >= 11 is 0. The highest BCUT2D eigenvalue weighted by atomic mass is 16.5. The van der Waals surface area contributed by atoms with Crippen molar-refractivity contribution in [3.63, 3.8) is 0 Å². The zero-order chi connectivity index (χ0) is 14.0. The number of likely N-dealkylation sites (tertiary alicyclic amines) is 1. The van der Waals surface area contributed by atoms with E-state index in [1.54, 1.807) is 12.0 Å². The Morgan fingerprint density at radius 3 is 2.68 bits per heavy atom. The molecule has 0 aromatic rings. The van der Waals surface area contributed by atoms with Crippen LogP contribution in [-0.2, 0) is 9.53 Å². The summed E-state index contributed by atoms with van der Waals surface area (Å²) in [5.41, 5.74) is -0.709. The molecule has 1 saturated carbocycles. The molecule has 6 nitrogen and oxygen atoms in total. The van der Waals surface area contributed by atoms with Crippen molar-refractivity contribution in [2.75, 3.05) is 26.7 Å². The monoisotopic (exact) mass is 270 g/mol. The van der Waals surface area contributed by atoms with Crippen molar-refractivity contribution in [3.8, 4) is 0 Å². The van der Waals surface area contributed by atoms with Gasteiger partial charge in [0.05, 0.1) is 11.5 Å². The summed E-state index contributed by atoms with van der Waals surface area (Å²) in [5, 5.41) is 11.8. The zero-order valence-electron chi connectivity index (χ0n) is 11.5. The molecular weight excluding hydrogens is 248 g/mol. The molecule has 6 heteroatoms. The maximum Gasteiger partial charge on any atom is 0.317 e. The Bertz CT molecular complexity index is 368. The highest BCUT2D eigenvalue weighted by Gasteiger charge is 2.50. The molecule has 2 N–H and O–H groups in total. The van der Waals surface area contributed by atoms with Gasteiger partial charge < -0.3 is 20.1 Å². The molecule has 19 heavy (non-hydrogen) atoms. The minimum atomic E-state index is -0.810. The molecule has 1 saturated heterocycles. The van der Waals surface area contributed by atoms with Crippen LogP contribution >= 0.6 is 0 Å². The first kappa shape index (κ1) is 14.1. The Balaban J connectivity index is 1.82. The van der Waals surface area contributed by atoms with Crippen LogP contribution in [-0.4, -0.2) is 54.9 Å². The van der Waals surface area contributed by atoms with Gasteiger partial charge in [-0.05, 0) is 25.2 Å². The summed E-state index contributed by atoms with van der Waals surface area (Å²) in [6.07, 6.45) is 2.28. The lowest BCUT2D eigenvalue weighted by atomic mass is 9.96. The van der Waals surface area contributed by atoms with E-state index in [0.717, 1.165) is 6.42 Å². The third-order valence-corrected chi connectivity index (χ3v) is 4.36. The summed E-state index contributed by atoms with van der Waals surface area (Å²) in [6.45, 7) is 3.62. The quantitative estimate of drug-likeness (QED) is 0.796. The summed E-state index contributed by atoms with van der Waals surface area (Å²) in [5.74, 6) is -0.363. The maximum atomic E-state index is 12.0. The summed E-state index contributed by atoms with van der Waals surface area (Å²) in [7, 11) is 1.66. The topological polar surface area (TPSA) is 78.9 Å². The third kappa shape index (κ3) is 3.00. The standard InChI is InChI=1S/C13H22N2O4/c1-9-3-6-15(7-10(9)19-2)12(18)14-8-13(4-5-13)11(16)17/h9-10H,3-8H2,1-2H3,(H,14,18)(H,16,17). The Hall–Kier alpha value is -1.30. The van der Waals surface area contributed by atoms with Gasteiger partial charge in [0.1, 0.15) is 0 Å². The normalized spacial score (nSPS) is 28.8. The molecule has 2 unspecified atom stereocenters. The number of hydrogen-bond acceptors (Lipinski definition) is 3. The first-order chi connectivity index (χ1) is 8.98. The van der Waals surface area contributed by atoms with Crippen molar-refractivity contribution in [3.05, 3.63) is 0 Å². The van der Waals surface area contributed by atoms with Crippen LogP contribution in [0.1, 0.15) is 26.2 Å². The Morgan fingerprint density at radius 1 is 1.47 bits per heavy atom. The van der Waals surface area contributed by atoms with Gasteiger partial charge in [0.15, 0.2) is 0 Å². The summed E-state index contributed by atoms with van der Waals surface area (Å²) < 4.78 is 5.36. The number of carboxylic acid groups (broad SMARTS) is 1. The van der Waals surface area contributed by atoms with Gasteiger partial charge in [0, 0.05) is 26.7 Å². The van der Waals surface area contributed by atoms with Crippen LogP contribution in [0.2, 0.25) is 0 Å². The molecule has 2 fully saturated rings. The first-order valence-corrected chi connectivity index (χ1v) is 6.77. The lowest BCUT2D eigenvalue weighted by molar-refractivity contribution is -0.143. The average Bonchev–Trinajstić information content (AvgIpc) is 3.17. The second-order valence-corrected chi connectivity index (χ2v) is 5.73. The molecule has 0 aromatic carbocycles. The van der Waals surface area contributed by atoms with Crippen molar-refractivity contribution >= 4 is 12.0 Å². The molecule has 1 heterocycles. The molecule has 2 atom stereocenters. The minimum absolute atomic E-state index is 0.0638. The fourth-order valence-electron chi connectivity index (χ4n) is 2.50. The molecule has 1 aliphatic heterocycles. The van der Waals surface area contributed by atoms with Crippen LogP contribution in [0.5, 0.6) is 0 Å². The van der Waals surface area contributed by atoms with E-state index in [9.17, 15) is 9.59 Å². The number of methoxy groups -OCH3 is 1. The first-order valence-electron chi connectivity index (χ1n) is 6.77. The van der Waals surface area contributed by atoms with E-state index < -0.39 is 11.4 Å². The maximum absolute atomic E-state index is 12.0. The number of carbonyl (C=O) groups excluding carboxylic acids is 1. The van der Waals surface area contributed by atoms with E-state index in [1.807, 2.05) is 0 Å². The highest BCUT2D eigenvalue weighted by Crippen LogP contribution is 2.45. The third-order valence-electron chi connectivity index (χ3n) is 4.36. The number of piperidine rings is 1. The number of urea groups is 1. The number of carbonyl (C=O) groups is 2. The molecule has 0 aromatic heterocycles. The molecular formula is C13H22N2O4. The average molecular weight is 270 g/mol. The molecule has 2 amide bonds. The predicted octanol–water partition coefficient (Wildman–Crippen LogP) is 0.918. The number of nitrogens with one attached hydrogen (secondary N) is 1. The van der Waals surface area contributed by atoms with Crippen molar-refractivity contribution < 1.29 is 19.4 Å². The molecule has 0 radical (unpaired) electrons. The van der Waals surface area contributed by atoms with E-state index in [2.05, 4.69) is 12.2 Å². The summed E-state index contributed by atoms with van der Waals surface area (Å²) in [6, 6.07) is -0.179. The predicted molar refractivity (Wildman–Crippen MR) is 68.9 cm³/mol. The zero-order valence-corrected chi connectivity index (χ0v) is 11.5. The van der Waals surface area contributed by atoms with Gasteiger partial charge in [-0.3, -0.25) is 4.79 Å². The van der Waals surface area contributed by atoms with Crippen molar-refractivity contribution in [2.24, 2.45) is 11.3 Å². The number of rotatable bonds is 4. The molecule has 0 bridgehead atoms. The number of aliphatic carboxylic acids is 1. The second-order valence-electron chi connectivity index (χ2n) is 5.73. The Kier molecular flexibility index (Phi) is 3.99. The van der Waals surface area contributed by atoms with Gasteiger partial charge in [-0.1, -0.05) is 6.92 Å². The smallest absolute Gasteiger partial charge is 0.317 e. The Morgan fingerprint density at radius 2 is 2.16 bits per heavy atom. The molecule has 2 rings (SSSR count). The minimum Gasteiger partial charge on any atom is -0.481 e. The van der Waals surface area contributed by atoms with Crippen LogP contribution in [0.25, 0.3) is 0 Å². The molecule has 1 aliphatic carbocycles. The lowest BCUT2D eigenvalue weighted by Gasteiger charge is -2.36. The van der Waals surface area contributed by atoms with Crippen LogP contribution in [0, 0.1) is 11.3 Å². The van der Waals surface area contributed by atoms with Crippen molar-refractivity contribution in [1.82, 2.24) is 10.2 Å². The van der Waals surface area contributed by atoms with E-state index in [4.69, 9.17) is 9.84 Å². The van der Waals surface area contributed by atoms with E-state index >= 15 is 0 Å². The van der Waals surface area contributed by atoms with E-state index in [0.29, 0.717) is 31.8 Å². The van der Waals surface area contributed by atoms with Crippen LogP contribution in [0.4, 0.5) is 4.79 Å². The fourth-order valence-corrected chi connectivity index (χ4v) is 2.50. The number of carboxylic acids is 1. The van der Waals surface area contributed by atoms with E-state index in [1.165, 1.54) is 0 Å². The summed E-state index contributed by atoms with van der Waals surface area (Å²) in [4.78, 5) is 24.8. The van der Waals surface area contributed by atoms with Crippen molar-refractivity contribution in [2.45, 2.75) is 32.3 Å². The van der Waals surface area contributed by atoms with E-state index in [-0.39, 0.29) is 18.7 Å². The molecule has 2 aliphatic rings. The van der Waals surface area contributed by atoms with Crippen molar-refractivity contribution in [1.29, 1.82) is 0 Å². The lowest BCUT2D eigenvalue weighted by Crippen LogP contribution is -2.51. The fraction of sp³-hybridized carbons (Fsp3) is 0.846. The van der Waals surface area contributed by atoms with Gasteiger partial charge >= 0.3 is 12.0 Å². The molecule has 108 valence electrons. The SMILES string of the molecule is COC1CN(C(=O)NCC2(C(=O)O)CC2)CCC1C. The van der Waals surface area contributed by atoms with Crippen LogP contribution in [0.3, 0.4) is 0 Å². The van der Waals surface area contributed by atoms with Crippen LogP contribution in [0.15, 0.2) is 0 Å². The highest BCUT2D eigenvalue weighted by molar-refractivity contribution is 5.80. The number of hydrogen-bond donors (Lipinski definition) is 2. The van der Waals surface area contributed by atoms with Gasteiger partial charge in [-0.15, -0.1) is 0 Å². The van der Waals surface area contributed by atoms with Gasteiger partial charge in [-0.25, -0.2) is 4.79 Å². The Labute approximate surface area is 113 Å². The molecule has 0 spiro atoms.